The van der Waals surface area contributed by atoms with E-state index in [0.717, 1.165) is 6.42 Å². The monoisotopic (exact) mass is 293 g/mol. The van der Waals surface area contributed by atoms with Crippen molar-refractivity contribution in [1.29, 1.82) is 0 Å². The normalized spacial score (nSPS) is 10.6. The van der Waals surface area contributed by atoms with Crippen molar-refractivity contribution in [1.82, 2.24) is 0 Å². The number of benzene rings is 2. The van der Waals surface area contributed by atoms with Gasteiger partial charge in [0.1, 0.15) is 0 Å². The van der Waals surface area contributed by atoms with Crippen LogP contribution in [0.3, 0.4) is 0 Å². The van der Waals surface area contributed by atoms with Gasteiger partial charge < -0.3 is 0 Å². The maximum absolute atomic E-state index is 3.28. The molecule has 0 atom stereocenters. The fraction of sp³-hybridized carbons (Fsp3) is 0.450. The van der Waals surface area contributed by atoms with Crippen LogP contribution in [0.2, 0.25) is 0 Å². The number of aryl methyl sites for hydroxylation is 1. The van der Waals surface area contributed by atoms with Gasteiger partial charge in [0, 0.05) is 16.1 Å². The topological polar surface area (TPSA) is 0 Å². The SMILES string of the molecule is [Si]#CCCCCCCCCCc1ccc2ccccc2c1. The largest absolute Gasteiger partial charge is 0.135 e. The summed E-state index contributed by atoms with van der Waals surface area (Å²) in [7, 11) is 3.28. The Kier molecular flexibility index (Phi) is 7.35. The molecule has 0 aliphatic heterocycles. The molecular weight excluding hydrogens is 268 g/mol. The molecule has 0 fully saturated rings. The summed E-state index contributed by atoms with van der Waals surface area (Å²) >= 11 is 0. The lowest BCUT2D eigenvalue weighted by atomic mass is 10.0. The summed E-state index contributed by atoms with van der Waals surface area (Å²) in [5.74, 6) is 0. The summed E-state index contributed by atoms with van der Waals surface area (Å²) < 4.78 is 0. The molecule has 0 nitrogen and oxygen atoms in total. The zero-order valence-electron chi connectivity index (χ0n) is 12.9. The molecule has 0 bridgehead atoms. The molecule has 0 heterocycles. The molecule has 0 unspecified atom stereocenters. The first-order chi connectivity index (χ1) is 10.4. The Hall–Kier alpha value is -1.30. The summed E-state index contributed by atoms with van der Waals surface area (Å²) in [6.45, 7) is 0. The van der Waals surface area contributed by atoms with Crippen LogP contribution in [0.4, 0.5) is 0 Å². The predicted molar refractivity (Wildman–Crippen MR) is 94.2 cm³/mol. The molecule has 2 aromatic carbocycles. The van der Waals surface area contributed by atoms with Crippen LogP contribution < -0.4 is 0 Å². The number of hydrogen-bond donors (Lipinski definition) is 0. The molecule has 2 rings (SSSR count). The fourth-order valence-corrected chi connectivity index (χ4v) is 3.00. The van der Waals surface area contributed by atoms with Gasteiger partial charge in [-0.15, -0.1) is 5.50 Å². The lowest BCUT2D eigenvalue weighted by Crippen LogP contribution is -1.87. The van der Waals surface area contributed by atoms with E-state index in [2.05, 4.69) is 57.6 Å². The van der Waals surface area contributed by atoms with Crippen molar-refractivity contribution in [3.8, 4) is 5.50 Å². The second-order valence-corrected chi connectivity index (χ2v) is 6.19. The third kappa shape index (κ3) is 5.91. The van der Waals surface area contributed by atoms with Crippen molar-refractivity contribution >= 4 is 20.5 Å². The van der Waals surface area contributed by atoms with E-state index in [1.165, 1.54) is 67.7 Å². The number of fused-ring (bicyclic) bond motifs is 1. The lowest BCUT2D eigenvalue weighted by Gasteiger charge is -2.04. The summed E-state index contributed by atoms with van der Waals surface area (Å²) in [4.78, 5) is 0. The van der Waals surface area contributed by atoms with Crippen molar-refractivity contribution < 1.29 is 0 Å². The van der Waals surface area contributed by atoms with Crippen molar-refractivity contribution in [3.05, 3.63) is 48.0 Å². The second-order valence-electron chi connectivity index (χ2n) is 5.83. The zero-order chi connectivity index (χ0) is 14.8. The average molecular weight is 294 g/mol. The zero-order valence-corrected chi connectivity index (χ0v) is 13.9. The first-order valence-corrected chi connectivity index (χ1v) is 8.77. The molecule has 21 heavy (non-hydrogen) atoms. The second kappa shape index (κ2) is 9.60. The van der Waals surface area contributed by atoms with E-state index in [0.29, 0.717) is 0 Å². The molecule has 0 saturated heterocycles. The Labute approximate surface area is 132 Å². The smallest absolute Gasteiger partial charge is 0.0403 e. The highest BCUT2D eigenvalue weighted by Crippen LogP contribution is 2.17. The molecule has 0 amide bonds. The Bertz CT molecular complexity index is 580. The van der Waals surface area contributed by atoms with E-state index >= 15 is 0 Å². The molecule has 2 aromatic rings. The van der Waals surface area contributed by atoms with E-state index in [-0.39, 0.29) is 0 Å². The molecule has 0 aromatic heterocycles. The number of hydrogen-bond acceptors (Lipinski definition) is 0. The van der Waals surface area contributed by atoms with Crippen molar-refractivity contribution in [2.75, 3.05) is 0 Å². The van der Waals surface area contributed by atoms with Crippen LogP contribution in [-0.4, -0.2) is 9.68 Å². The van der Waals surface area contributed by atoms with Gasteiger partial charge in [-0.1, -0.05) is 74.6 Å². The van der Waals surface area contributed by atoms with Gasteiger partial charge in [-0.05, 0) is 35.6 Å². The maximum Gasteiger partial charge on any atom is 0.0403 e. The summed E-state index contributed by atoms with van der Waals surface area (Å²) in [5.41, 5.74) is 4.50. The lowest BCUT2D eigenvalue weighted by molar-refractivity contribution is 0.583. The molecule has 0 N–H and O–H groups in total. The van der Waals surface area contributed by atoms with Gasteiger partial charge in [-0.2, -0.15) is 0 Å². The van der Waals surface area contributed by atoms with Crippen LogP contribution in [-0.2, 0) is 6.42 Å². The highest BCUT2D eigenvalue weighted by Gasteiger charge is 1.97. The van der Waals surface area contributed by atoms with Gasteiger partial charge in [0.15, 0.2) is 0 Å². The van der Waals surface area contributed by atoms with Crippen LogP contribution in [0.5, 0.6) is 0 Å². The Balaban J connectivity index is 1.61. The van der Waals surface area contributed by atoms with Crippen LogP contribution in [0.15, 0.2) is 42.5 Å². The first-order valence-electron chi connectivity index (χ1n) is 8.27. The molecule has 0 saturated carbocycles. The maximum atomic E-state index is 3.28. The molecule has 0 aliphatic carbocycles. The third-order valence-electron chi connectivity index (χ3n) is 4.08. The Morgan fingerprint density at radius 2 is 1.38 bits per heavy atom. The summed E-state index contributed by atoms with van der Waals surface area (Å²) in [6, 6.07) is 15.5. The minimum Gasteiger partial charge on any atom is -0.135 e. The molecule has 0 spiro atoms. The van der Waals surface area contributed by atoms with E-state index in [1.54, 1.807) is 0 Å². The Morgan fingerprint density at radius 1 is 0.714 bits per heavy atom. The summed E-state index contributed by atoms with van der Waals surface area (Å²) in [5, 5.41) is 2.72. The Morgan fingerprint density at radius 3 is 2.14 bits per heavy atom. The molecular formula is C20H25Si. The van der Waals surface area contributed by atoms with Crippen LogP contribution >= 0.6 is 0 Å². The highest BCUT2D eigenvalue weighted by atomic mass is 28.1. The van der Waals surface area contributed by atoms with E-state index in [9.17, 15) is 0 Å². The number of unbranched alkanes of at least 4 members (excludes halogenated alkanes) is 7. The van der Waals surface area contributed by atoms with Gasteiger partial charge >= 0.3 is 0 Å². The number of rotatable bonds is 9. The molecule has 1 heteroatoms. The van der Waals surface area contributed by atoms with E-state index in [4.69, 9.17) is 0 Å². The minimum atomic E-state index is 1.08. The summed E-state index contributed by atoms with van der Waals surface area (Å²) in [6.07, 6.45) is 11.8. The quantitative estimate of drug-likeness (QED) is 0.415. The van der Waals surface area contributed by atoms with Crippen LogP contribution in [0.1, 0.15) is 56.9 Å². The van der Waals surface area contributed by atoms with Crippen LogP contribution in [0.25, 0.3) is 10.8 Å². The third-order valence-corrected chi connectivity index (χ3v) is 4.33. The van der Waals surface area contributed by atoms with Gasteiger partial charge in [0.25, 0.3) is 0 Å². The molecule has 109 valence electrons. The van der Waals surface area contributed by atoms with Gasteiger partial charge in [0.05, 0.1) is 0 Å². The fourth-order valence-electron chi connectivity index (χ4n) is 2.82. The van der Waals surface area contributed by atoms with Crippen LogP contribution in [0, 0.1) is 5.50 Å². The van der Waals surface area contributed by atoms with Crippen molar-refractivity contribution in [2.45, 2.75) is 57.8 Å². The first kappa shape index (κ1) is 16.1. The van der Waals surface area contributed by atoms with Gasteiger partial charge in [-0.25, -0.2) is 0 Å². The van der Waals surface area contributed by atoms with Crippen molar-refractivity contribution in [3.63, 3.8) is 0 Å². The van der Waals surface area contributed by atoms with Crippen molar-refractivity contribution in [2.24, 2.45) is 0 Å². The van der Waals surface area contributed by atoms with Gasteiger partial charge in [0.2, 0.25) is 0 Å². The standard InChI is InChI=1S/C20H25Si/c21-16-10-6-4-2-1-3-5-7-11-18-14-15-19-12-8-9-13-20(19)17-18/h8-9,12-15,17H,1-7,10-11H2. The average Bonchev–Trinajstić information content (AvgIpc) is 2.53. The highest BCUT2D eigenvalue weighted by molar-refractivity contribution is 5.95. The predicted octanol–water partition coefficient (Wildman–Crippen LogP) is 5.63. The van der Waals surface area contributed by atoms with Gasteiger partial charge in [-0.3, -0.25) is 0 Å². The molecule has 1 radical (unpaired) electrons. The molecule has 0 aliphatic rings. The van der Waals surface area contributed by atoms with E-state index in [1.807, 2.05) is 0 Å². The minimum absolute atomic E-state index is 1.08. The van der Waals surface area contributed by atoms with E-state index < -0.39 is 0 Å².